The molecule has 0 spiro atoms. The summed E-state index contributed by atoms with van der Waals surface area (Å²) in [6.45, 7) is 10.9. The predicted molar refractivity (Wildman–Crippen MR) is 79.9 cm³/mol. The van der Waals surface area contributed by atoms with Crippen LogP contribution in [0.25, 0.3) is 0 Å². The summed E-state index contributed by atoms with van der Waals surface area (Å²) in [6, 6.07) is 0. The van der Waals surface area contributed by atoms with Crippen molar-refractivity contribution in [3.8, 4) is 0 Å². The first kappa shape index (κ1) is 15.6. The van der Waals surface area contributed by atoms with E-state index in [9.17, 15) is 0 Å². The summed E-state index contributed by atoms with van der Waals surface area (Å²) < 4.78 is 3.91. The minimum absolute atomic E-state index is 0. The molecule has 0 aliphatic heterocycles. The summed E-state index contributed by atoms with van der Waals surface area (Å²) in [7, 11) is 0. The van der Waals surface area contributed by atoms with E-state index in [1.165, 1.54) is 11.1 Å². The van der Waals surface area contributed by atoms with E-state index >= 15 is 0 Å². The zero-order chi connectivity index (χ0) is 13.1. The van der Waals surface area contributed by atoms with Gasteiger partial charge in [0.15, 0.2) is 5.82 Å². The molecule has 1 N–H and O–H groups in total. The average molecular weight is 284 g/mol. The maximum Gasteiger partial charge on any atom is 0.151 e. The van der Waals surface area contributed by atoms with E-state index in [-0.39, 0.29) is 12.4 Å². The van der Waals surface area contributed by atoms with Crippen LogP contribution in [0.2, 0.25) is 0 Å². The van der Waals surface area contributed by atoms with Gasteiger partial charge >= 0.3 is 0 Å². The lowest BCUT2D eigenvalue weighted by Gasteiger charge is -2.02. The summed E-state index contributed by atoms with van der Waals surface area (Å²) in [4.78, 5) is 0. The third-order valence-electron chi connectivity index (χ3n) is 3.09. The van der Waals surface area contributed by atoms with E-state index in [0.29, 0.717) is 0 Å². The highest BCUT2D eigenvalue weighted by molar-refractivity contribution is 5.85. The first-order chi connectivity index (χ1) is 8.63. The van der Waals surface area contributed by atoms with E-state index in [4.69, 9.17) is 0 Å². The molecule has 0 aliphatic carbocycles. The highest BCUT2D eigenvalue weighted by atomic mass is 35.5. The van der Waals surface area contributed by atoms with Crippen molar-refractivity contribution in [3.63, 3.8) is 0 Å². The molecule has 0 unspecified atom stereocenters. The number of anilines is 1. The maximum absolute atomic E-state index is 4.48. The lowest BCUT2D eigenvalue weighted by atomic mass is 10.2. The van der Waals surface area contributed by atoms with Crippen LogP contribution in [0.3, 0.4) is 0 Å². The smallest absolute Gasteiger partial charge is 0.151 e. The maximum atomic E-state index is 4.48. The molecular formula is C13H22ClN5. The number of nitrogens with one attached hydrogen (secondary N) is 1. The molecule has 6 heteroatoms. The molecule has 19 heavy (non-hydrogen) atoms. The fraction of sp³-hybridized carbons (Fsp3) is 0.538. The van der Waals surface area contributed by atoms with Gasteiger partial charge in [-0.05, 0) is 27.7 Å². The molecule has 2 aromatic heterocycles. The molecule has 0 amide bonds. The number of rotatable bonds is 5. The molecule has 0 bridgehead atoms. The number of hydrogen-bond acceptors (Lipinski definition) is 3. The molecule has 0 saturated heterocycles. The average Bonchev–Trinajstić information content (AvgIpc) is 2.90. The van der Waals surface area contributed by atoms with Crippen LogP contribution in [-0.2, 0) is 19.6 Å². The molecule has 5 nitrogen and oxygen atoms in total. The van der Waals surface area contributed by atoms with E-state index in [1.54, 1.807) is 0 Å². The summed E-state index contributed by atoms with van der Waals surface area (Å²) >= 11 is 0. The van der Waals surface area contributed by atoms with E-state index in [1.807, 2.05) is 16.3 Å². The van der Waals surface area contributed by atoms with Crippen LogP contribution >= 0.6 is 12.4 Å². The van der Waals surface area contributed by atoms with E-state index in [2.05, 4.69) is 48.7 Å². The van der Waals surface area contributed by atoms with Crippen molar-refractivity contribution >= 4 is 18.2 Å². The summed E-state index contributed by atoms with van der Waals surface area (Å²) in [5, 5.41) is 12.3. The lowest BCUT2D eigenvalue weighted by Crippen LogP contribution is -2.02. The molecular weight excluding hydrogens is 262 g/mol. The van der Waals surface area contributed by atoms with Crippen LogP contribution < -0.4 is 5.32 Å². The van der Waals surface area contributed by atoms with Crippen molar-refractivity contribution in [3.05, 3.63) is 29.2 Å². The highest BCUT2D eigenvalue weighted by Gasteiger charge is 2.07. The first-order valence-electron chi connectivity index (χ1n) is 6.44. The number of hydrogen-bond donors (Lipinski definition) is 1. The van der Waals surface area contributed by atoms with Crippen molar-refractivity contribution in [2.75, 3.05) is 5.32 Å². The monoisotopic (exact) mass is 283 g/mol. The standard InChI is InChI=1S/C13H21N5.ClH/c1-5-17-8-10(3)13(16-17)14-7-12-9-18(6-2)15-11(12)4;/h8-9H,5-7H2,1-4H3,(H,14,16);1H. The second-order valence-corrected chi connectivity index (χ2v) is 4.47. The SMILES string of the molecule is CCn1cc(CNc2nn(CC)cc2C)c(C)n1.Cl. The third-order valence-corrected chi connectivity index (χ3v) is 3.09. The van der Waals surface area contributed by atoms with E-state index < -0.39 is 0 Å². The zero-order valence-corrected chi connectivity index (χ0v) is 12.8. The van der Waals surface area contributed by atoms with Gasteiger partial charge in [-0.3, -0.25) is 9.36 Å². The van der Waals surface area contributed by atoms with Crippen molar-refractivity contribution < 1.29 is 0 Å². The molecule has 0 saturated carbocycles. The molecule has 2 rings (SSSR count). The quantitative estimate of drug-likeness (QED) is 0.918. The molecule has 106 valence electrons. The Morgan fingerprint density at radius 1 is 1.05 bits per heavy atom. The minimum Gasteiger partial charge on any atom is -0.364 e. The van der Waals surface area contributed by atoms with Gasteiger partial charge in [-0.2, -0.15) is 10.2 Å². The molecule has 2 heterocycles. The Morgan fingerprint density at radius 3 is 2.21 bits per heavy atom. The molecule has 2 aromatic rings. The Labute approximate surface area is 120 Å². The molecule has 0 aliphatic rings. The Morgan fingerprint density at radius 2 is 1.68 bits per heavy atom. The molecule has 0 aromatic carbocycles. The van der Waals surface area contributed by atoms with Gasteiger partial charge in [0.25, 0.3) is 0 Å². The minimum atomic E-state index is 0. The number of nitrogens with zero attached hydrogens (tertiary/aromatic N) is 4. The van der Waals surface area contributed by atoms with Gasteiger partial charge in [-0.15, -0.1) is 12.4 Å². The van der Waals surface area contributed by atoms with Crippen LogP contribution in [0.15, 0.2) is 12.4 Å². The second-order valence-electron chi connectivity index (χ2n) is 4.47. The highest BCUT2D eigenvalue weighted by Crippen LogP contribution is 2.14. The Kier molecular flexibility index (Phi) is 5.42. The van der Waals surface area contributed by atoms with E-state index in [0.717, 1.165) is 31.1 Å². The van der Waals surface area contributed by atoms with Crippen molar-refractivity contribution in [2.45, 2.75) is 47.3 Å². The Bertz CT molecular complexity index is 481. The van der Waals surface area contributed by atoms with Gasteiger partial charge < -0.3 is 5.32 Å². The van der Waals surface area contributed by atoms with Gasteiger partial charge in [0.1, 0.15) is 0 Å². The largest absolute Gasteiger partial charge is 0.364 e. The number of aromatic nitrogens is 4. The second kappa shape index (κ2) is 6.61. The Balaban J connectivity index is 0.00000180. The summed E-state index contributed by atoms with van der Waals surface area (Å²) in [5.74, 6) is 0.959. The van der Waals surface area contributed by atoms with Crippen molar-refractivity contribution in [1.82, 2.24) is 19.6 Å². The van der Waals surface area contributed by atoms with Crippen LogP contribution in [0.5, 0.6) is 0 Å². The Hall–Kier alpha value is -1.49. The predicted octanol–water partition coefficient (Wildman–Crippen LogP) is 2.77. The van der Waals surface area contributed by atoms with Crippen molar-refractivity contribution in [2.24, 2.45) is 0 Å². The van der Waals surface area contributed by atoms with Gasteiger partial charge in [0.2, 0.25) is 0 Å². The summed E-state index contributed by atoms with van der Waals surface area (Å²) in [5.41, 5.74) is 3.48. The van der Waals surface area contributed by atoms with Crippen LogP contribution in [0.1, 0.15) is 30.7 Å². The van der Waals surface area contributed by atoms with Gasteiger partial charge in [-0.25, -0.2) is 0 Å². The van der Waals surface area contributed by atoms with Gasteiger partial charge in [0, 0.05) is 43.2 Å². The summed E-state index contributed by atoms with van der Waals surface area (Å²) in [6.07, 6.45) is 4.15. The normalized spacial score (nSPS) is 10.3. The van der Waals surface area contributed by atoms with Crippen molar-refractivity contribution in [1.29, 1.82) is 0 Å². The topological polar surface area (TPSA) is 47.7 Å². The first-order valence-corrected chi connectivity index (χ1v) is 6.44. The molecule has 0 radical (unpaired) electrons. The zero-order valence-electron chi connectivity index (χ0n) is 12.0. The lowest BCUT2D eigenvalue weighted by molar-refractivity contribution is 0.653. The van der Waals surface area contributed by atoms with Crippen LogP contribution in [0.4, 0.5) is 5.82 Å². The fourth-order valence-electron chi connectivity index (χ4n) is 1.93. The van der Waals surface area contributed by atoms with Gasteiger partial charge in [0.05, 0.1) is 5.69 Å². The fourth-order valence-corrected chi connectivity index (χ4v) is 1.93. The third kappa shape index (κ3) is 3.50. The number of aryl methyl sites for hydroxylation is 4. The van der Waals surface area contributed by atoms with Crippen LogP contribution in [-0.4, -0.2) is 19.6 Å². The van der Waals surface area contributed by atoms with Gasteiger partial charge in [-0.1, -0.05) is 0 Å². The van der Waals surface area contributed by atoms with Crippen LogP contribution in [0, 0.1) is 13.8 Å². The molecule has 0 fully saturated rings. The number of halogens is 1. The molecule has 0 atom stereocenters.